The van der Waals surface area contributed by atoms with Gasteiger partial charge < -0.3 is 28.8 Å². The fourth-order valence-corrected chi connectivity index (χ4v) is 4.52. The highest BCUT2D eigenvalue weighted by Crippen LogP contribution is 2.48. The zero-order valence-corrected chi connectivity index (χ0v) is 21.4. The molecule has 0 saturated carbocycles. The molecule has 198 valence electrons. The minimum atomic E-state index is -1.21. The first kappa shape index (κ1) is 26.3. The molecule has 3 aromatic rings. The fourth-order valence-electron chi connectivity index (χ4n) is 4.52. The third-order valence-corrected chi connectivity index (χ3v) is 6.20. The Hall–Kier alpha value is -4.73. The fraction of sp³-hybridized carbons (Fsp3) is 0.214. The molecule has 0 bridgehead atoms. The van der Waals surface area contributed by atoms with Crippen molar-refractivity contribution in [2.75, 3.05) is 40.4 Å². The molecular formula is C28H26FNO8. The van der Waals surface area contributed by atoms with E-state index in [4.69, 9.17) is 23.7 Å². The summed E-state index contributed by atoms with van der Waals surface area (Å²) in [5.41, 5.74) is 0.249. The Labute approximate surface area is 218 Å². The highest BCUT2D eigenvalue weighted by Gasteiger charge is 2.48. The molecule has 1 aliphatic heterocycles. The van der Waals surface area contributed by atoms with Crippen LogP contribution in [-0.2, 0) is 9.59 Å². The van der Waals surface area contributed by atoms with E-state index in [9.17, 15) is 19.1 Å². The van der Waals surface area contributed by atoms with E-state index in [0.29, 0.717) is 5.56 Å². The van der Waals surface area contributed by atoms with Crippen molar-refractivity contribution in [3.05, 3.63) is 77.1 Å². The van der Waals surface area contributed by atoms with Gasteiger partial charge >= 0.3 is 0 Å². The number of amides is 1. The van der Waals surface area contributed by atoms with Gasteiger partial charge in [-0.3, -0.25) is 14.5 Å². The third kappa shape index (κ3) is 4.34. The second-order valence-corrected chi connectivity index (χ2v) is 8.15. The number of methoxy groups -OCH3 is 5. The number of rotatable bonds is 8. The van der Waals surface area contributed by atoms with Crippen molar-refractivity contribution in [2.45, 2.75) is 6.04 Å². The van der Waals surface area contributed by atoms with Crippen LogP contribution >= 0.6 is 0 Å². The lowest BCUT2D eigenvalue weighted by Crippen LogP contribution is -2.29. The monoisotopic (exact) mass is 523 g/mol. The topological polar surface area (TPSA) is 104 Å². The van der Waals surface area contributed by atoms with E-state index < -0.39 is 29.3 Å². The van der Waals surface area contributed by atoms with Crippen LogP contribution in [0.4, 0.5) is 10.1 Å². The summed E-state index contributed by atoms with van der Waals surface area (Å²) in [6.45, 7) is 0. The molecular weight excluding hydrogens is 497 g/mol. The molecule has 10 heteroatoms. The van der Waals surface area contributed by atoms with Crippen LogP contribution in [0.25, 0.3) is 5.76 Å². The molecule has 3 aromatic carbocycles. The van der Waals surface area contributed by atoms with Gasteiger partial charge in [-0.25, -0.2) is 4.39 Å². The molecule has 9 nitrogen and oxygen atoms in total. The van der Waals surface area contributed by atoms with Gasteiger partial charge in [0.05, 0.1) is 47.2 Å². The van der Waals surface area contributed by atoms with E-state index >= 15 is 0 Å². The number of carbonyl (C=O) groups excluding carboxylic acids is 2. The summed E-state index contributed by atoms with van der Waals surface area (Å²) in [6, 6.07) is 11.9. The molecule has 1 N–H and O–H groups in total. The van der Waals surface area contributed by atoms with E-state index in [-0.39, 0.29) is 45.6 Å². The standard InChI is InChI=1S/C28H26FNO8/c1-34-18-10-7-11-19(35-2)22(18)25(31)23-24(15-12-20(36-3)27(38-5)21(13-15)37-4)30(28(33)26(23)32)17-9-6-8-16(29)14-17/h6-14,24,31H,1-5H3/b25-23+. The maximum atomic E-state index is 14.3. The predicted octanol–water partition coefficient (Wildman–Crippen LogP) is 4.50. The van der Waals surface area contributed by atoms with Crippen LogP contribution in [0.2, 0.25) is 0 Å². The van der Waals surface area contributed by atoms with Gasteiger partial charge in [0.25, 0.3) is 11.7 Å². The number of aliphatic hydroxyl groups excluding tert-OH is 1. The molecule has 1 saturated heterocycles. The Morgan fingerprint density at radius 2 is 1.34 bits per heavy atom. The number of ether oxygens (including phenoxy) is 5. The van der Waals surface area contributed by atoms with Crippen molar-refractivity contribution in [3.63, 3.8) is 0 Å². The van der Waals surface area contributed by atoms with Gasteiger partial charge in [0.2, 0.25) is 5.75 Å². The Bertz CT molecular complexity index is 1390. The van der Waals surface area contributed by atoms with Gasteiger partial charge in [0.15, 0.2) is 11.5 Å². The van der Waals surface area contributed by atoms with Crippen molar-refractivity contribution < 1.29 is 42.8 Å². The molecule has 1 unspecified atom stereocenters. The summed E-state index contributed by atoms with van der Waals surface area (Å²) in [4.78, 5) is 28.1. The average Bonchev–Trinajstić information content (AvgIpc) is 3.21. The van der Waals surface area contributed by atoms with Gasteiger partial charge in [-0.05, 0) is 48.0 Å². The highest BCUT2D eigenvalue weighted by molar-refractivity contribution is 6.51. The molecule has 4 rings (SSSR count). The van der Waals surface area contributed by atoms with Crippen molar-refractivity contribution in [3.8, 4) is 28.7 Å². The van der Waals surface area contributed by atoms with Crippen LogP contribution in [0.1, 0.15) is 17.2 Å². The summed E-state index contributed by atoms with van der Waals surface area (Å²) >= 11 is 0. The summed E-state index contributed by atoms with van der Waals surface area (Å²) < 4.78 is 41.4. The predicted molar refractivity (Wildman–Crippen MR) is 137 cm³/mol. The first-order valence-corrected chi connectivity index (χ1v) is 11.4. The lowest BCUT2D eigenvalue weighted by Gasteiger charge is -2.27. The maximum Gasteiger partial charge on any atom is 0.300 e. The van der Waals surface area contributed by atoms with Crippen molar-refractivity contribution in [2.24, 2.45) is 0 Å². The molecule has 1 amide bonds. The van der Waals surface area contributed by atoms with Crippen molar-refractivity contribution >= 4 is 23.1 Å². The van der Waals surface area contributed by atoms with E-state index in [1.54, 1.807) is 30.3 Å². The summed E-state index contributed by atoms with van der Waals surface area (Å²) in [6.07, 6.45) is 0. The largest absolute Gasteiger partial charge is 0.506 e. The molecule has 1 heterocycles. The second-order valence-electron chi connectivity index (χ2n) is 8.15. The van der Waals surface area contributed by atoms with Gasteiger partial charge in [-0.2, -0.15) is 0 Å². The van der Waals surface area contributed by atoms with Gasteiger partial charge in [0, 0.05) is 5.69 Å². The first-order valence-electron chi connectivity index (χ1n) is 11.4. The molecule has 38 heavy (non-hydrogen) atoms. The zero-order chi connectivity index (χ0) is 27.6. The number of halogens is 1. The third-order valence-electron chi connectivity index (χ3n) is 6.20. The van der Waals surface area contributed by atoms with Crippen LogP contribution < -0.4 is 28.6 Å². The Morgan fingerprint density at radius 1 is 0.789 bits per heavy atom. The second kappa shape index (κ2) is 10.7. The lowest BCUT2D eigenvalue weighted by atomic mass is 9.94. The van der Waals surface area contributed by atoms with Crippen molar-refractivity contribution in [1.82, 2.24) is 0 Å². The number of Topliss-reactive ketones (excluding diaryl/α,β-unsaturated/α-hetero) is 1. The number of nitrogens with zero attached hydrogens (tertiary/aromatic N) is 1. The van der Waals surface area contributed by atoms with Gasteiger partial charge in [-0.15, -0.1) is 0 Å². The summed E-state index contributed by atoms with van der Waals surface area (Å²) in [5.74, 6) is -1.89. The minimum Gasteiger partial charge on any atom is -0.506 e. The molecule has 1 atom stereocenters. The number of benzene rings is 3. The van der Waals surface area contributed by atoms with E-state index in [1.807, 2.05) is 0 Å². The molecule has 0 aromatic heterocycles. The smallest absolute Gasteiger partial charge is 0.300 e. The normalized spacial score (nSPS) is 16.4. The minimum absolute atomic E-state index is 0.0761. The van der Waals surface area contributed by atoms with Crippen molar-refractivity contribution in [1.29, 1.82) is 0 Å². The quantitative estimate of drug-likeness (QED) is 0.262. The van der Waals surface area contributed by atoms with Crippen LogP contribution in [0.3, 0.4) is 0 Å². The van der Waals surface area contributed by atoms with E-state index in [1.165, 1.54) is 53.7 Å². The lowest BCUT2D eigenvalue weighted by molar-refractivity contribution is -0.132. The first-order chi connectivity index (χ1) is 18.3. The number of hydrogen-bond acceptors (Lipinski definition) is 8. The van der Waals surface area contributed by atoms with Crippen LogP contribution in [0.15, 0.2) is 60.2 Å². The highest BCUT2D eigenvalue weighted by atomic mass is 19.1. The number of aliphatic hydroxyl groups is 1. The SMILES string of the molecule is COc1cc(C2/C(=C(\O)c3c(OC)cccc3OC)C(=O)C(=O)N2c2cccc(F)c2)cc(OC)c1OC. The van der Waals surface area contributed by atoms with Gasteiger partial charge in [-0.1, -0.05) is 12.1 Å². The Kier molecular flexibility index (Phi) is 7.43. The summed E-state index contributed by atoms with van der Waals surface area (Å²) in [7, 11) is 7.07. The number of carbonyl (C=O) groups is 2. The number of ketones is 1. The summed E-state index contributed by atoms with van der Waals surface area (Å²) in [5, 5.41) is 11.6. The Morgan fingerprint density at radius 3 is 1.84 bits per heavy atom. The van der Waals surface area contributed by atoms with E-state index in [0.717, 1.165) is 11.0 Å². The molecule has 1 aliphatic rings. The maximum absolute atomic E-state index is 14.3. The molecule has 1 fully saturated rings. The van der Waals surface area contributed by atoms with Gasteiger partial charge in [0.1, 0.15) is 28.6 Å². The molecule has 0 spiro atoms. The Balaban J connectivity index is 2.08. The molecule has 0 radical (unpaired) electrons. The number of anilines is 1. The zero-order valence-electron chi connectivity index (χ0n) is 21.4. The molecule has 0 aliphatic carbocycles. The van der Waals surface area contributed by atoms with Crippen LogP contribution in [-0.4, -0.2) is 52.3 Å². The van der Waals surface area contributed by atoms with E-state index in [2.05, 4.69) is 0 Å². The average molecular weight is 524 g/mol. The van der Waals surface area contributed by atoms with Crippen LogP contribution in [0, 0.1) is 5.82 Å². The number of hydrogen-bond donors (Lipinski definition) is 1. The van der Waals surface area contributed by atoms with Crippen LogP contribution in [0.5, 0.6) is 28.7 Å².